The molecule has 1 aromatic rings. The van der Waals surface area contributed by atoms with Crippen LogP contribution in [0.25, 0.3) is 0 Å². The van der Waals surface area contributed by atoms with Gasteiger partial charge in [0.15, 0.2) is 0 Å². The lowest BCUT2D eigenvalue weighted by atomic mass is 9.72. The van der Waals surface area contributed by atoms with E-state index in [1.807, 2.05) is 0 Å². The second kappa shape index (κ2) is 4.53. The quantitative estimate of drug-likeness (QED) is 0.713. The minimum atomic E-state index is 0.184. The van der Waals surface area contributed by atoms with Gasteiger partial charge in [0.2, 0.25) is 0 Å². The first-order chi connectivity index (χ1) is 8.69. The first kappa shape index (κ1) is 12.0. The molecule has 1 aromatic carbocycles. The molecule has 3 rings (SSSR count). The Labute approximate surface area is 110 Å². The standard InChI is InChI=1S/C17H22O/c1-13-5-7-14(8-6-13)15-11-17(12-16(15)18)9-3-2-4-10-17/h5-8,15H,2-4,9-12H2,1H3. The predicted molar refractivity (Wildman–Crippen MR) is 73.7 cm³/mol. The summed E-state index contributed by atoms with van der Waals surface area (Å²) < 4.78 is 0. The smallest absolute Gasteiger partial charge is 0.140 e. The van der Waals surface area contributed by atoms with Crippen molar-refractivity contribution in [3.05, 3.63) is 35.4 Å². The summed E-state index contributed by atoms with van der Waals surface area (Å²) in [6.07, 6.45) is 8.52. The van der Waals surface area contributed by atoms with Crippen molar-refractivity contribution in [2.45, 2.75) is 57.8 Å². The van der Waals surface area contributed by atoms with Gasteiger partial charge in [0, 0.05) is 12.3 Å². The molecule has 18 heavy (non-hydrogen) atoms. The number of carbonyl (C=O) groups excluding carboxylic acids is 1. The number of hydrogen-bond donors (Lipinski definition) is 0. The topological polar surface area (TPSA) is 17.1 Å². The number of rotatable bonds is 1. The Hall–Kier alpha value is -1.11. The van der Waals surface area contributed by atoms with Crippen molar-refractivity contribution in [1.82, 2.24) is 0 Å². The molecule has 1 nitrogen and oxygen atoms in total. The Bertz CT molecular complexity index is 437. The fraction of sp³-hybridized carbons (Fsp3) is 0.588. The van der Waals surface area contributed by atoms with Gasteiger partial charge in [-0.15, -0.1) is 0 Å². The van der Waals surface area contributed by atoms with Gasteiger partial charge in [0.05, 0.1) is 0 Å². The van der Waals surface area contributed by atoms with Crippen LogP contribution < -0.4 is 0 Å². The summed E-state index contributed by atoms with van der Waals surface area (Å²) in [4.78, 5) is 12.3. The van der Waals surface area contributed by atoms with Gasteiger partial charge >= 0.3 is 0 Å². The largest absolute Gasteiger partial charge is 0.299 e. The van der Waals surface area contributed by atoms with Gasteiger partial charge in [-0.25, -0.2) is 0 Å². The molecular weight excluding hydrogens is 220 g/mol. The molecule has 0 amide bonds. The van der Waals surface area contributed by atoms with E-state index >= 15 is 0 Å². The van der Waals surface area contributed by atoms with Gasteiger partial charge in [-0.05, 0) is 37.2 Å². The van der Waals surface area contributed by atoms with E-state index in [9.17, 15) is 4.79 Å². The van der Waals surface area contributed by atoms with Crippen LogP contribution in [0.2, 0.25) is 0 Å². The van der Waals surface area contributed by atoms with Crippen LogP contribution in [0.5, 0.6) is 0 Å². The minimum absolute atomic E-state index is 0.184. The summed E-state index contributed by atoms with van der Waals surface area (Å²) in [5, 5.41) is 0. The Morgan fingerprint density at radius 1 is 1.06 bits per heavy atom. The third-order valence-electron chi connectivity index (χ3n) is 4.97. The number of carbonyl (C=O) groups is 1. The molecule has 1 heteroatoms. The van der Waals surface area contributed by atoms with Crippen molar-refractivity contribution in [1.29, 1.82) is 0 Å². The molecule has 0 saturated heterocycles. The SMILES string of the molecule is Cc1ccc(C2CC3(CCCCC3)CC2=O)cc1. The van der Waals surface area contributed by atoms with Crippen molar-refractivity contribution in [2.24, 2.45) is 5.41 Å². The monoisotopic (exact) mass is 242 g/mol. The first-order valence-corrected chi connectivity index (χ1v) is 7.28. The van der Waals surface area contributed by atoms with E-state index in [4.69, 9.17) is 0 Å². The van der Waals surface area contributed by atoms with Crippen molar-refractivity contribution < 1.29 is 4.79 Å². The normalized spacial score (nSPS) is 26.7. The average Bonchev–Trinajstić information content (AvgIpc) is 2.68. The lowest BCUT2D eigenvalue weighted by Gasteiger charge is -2.32. The number of Topliss-reactive ketones (excluding diaryl/α,β-unsaturated/α-hetero) is 1. The zero-order valence-corrected chi connectivity index (χ0v) is 11.2. The summed E-state index contributed by atoms with van der Waals surface area (Å²) in [6.45, 7) is 2.10. The van der Waals surface area contributed by atoms with E-state index in [-0.39, 0.29) is 5.92 Å². The summed E-state index contributed by atoms with van der Waals surface area (Å²) in [7, 11) is 0. The lowest BCUT2D eigenvalue weighted by molar-refractivity contribution is -0.119. The number of benzene rings is 1. The first-order valence-electron chi connectivity index (χ1n) is 7.28. The fourth-order valence-corrected chi connectivity index (χ4v) is 3.90. The summed E-state index contributed by atoms with van der Waals surface area (Å²) >= 11 is 0. The van der Waals surface area contributed by atoms with Crippen molar-refractivity contribution in [3.8, 4) is 0 Å². The van der Waals surface area contributed by atoms with E-state index < -0.39 is 0 Å². The van der Waals surface area contributed by atoms with Gasteiger partial charge in [-0.3, -0.25) is 4.79 Å². The highest BCUT2D eigenvalue weighted by molar-refractivity contribution is 5.88. The third-order valence-corrected chi connectivity index (χ3v) is 4.97. The summed E-state index contributed by atoms with van der Waals surface area (Å²) in [6, 6.07) is 8.57. The molecule has 1 atom stereocenters. The molecule has 0 aliphatic heterocycles. The minimum Gasteiger partial charge on any atom is -0.299 e. The molecule has 1 spiro atoms. The van der Waals surface area contributed by atoms with E-state index in [2.05, 4.69) is 31.2 Å². The zero-order valence-electron chi connectivity index (χ0n) is 11.2. The highest BCUT2D eigenvalue weighted by Gasteiger charge is 2.45. The number of hydrogen-bond acceptors (Lipinski definition) is 1. The van der Waals surface area contributed by atoms with Gasteiger partial charge < -0.3 is 0 Å². The van der Waals surface area contributed by atoms with Crippen LogP contribution in [-0.2, 0) is 4.79 Å². The maximum atomic E-state index is 12.3. The van der Waals surface area contributed by atoms with Crippen LogP contribution in [-0.4, -0.2) is 5.78 Å². The van der Waals surface area contributed by atoms with Crippen LogP contribution in [0.3, 0.4) is 0 Å². The molecular formula is C17H22O. The lowest BCUT2D eigenvalue weighted by Crippen LogP contribution is -2.20. The van der Waals surface area contributed by atoms with Crippen LogP contribution >= 0.6 is 0 Å². The van der Waals surface area contributed by atoms with E-state index in [1.165, 1.54) is 43.2 Å². The molecule has 0 radical (unpaired) electrons. The molecule has 2 saturated carbocycles. The van der Waals surface area contributed by atoms with E-state index in [1.54, 1.807) is 0 Å². The molecule has 2 fully saturated rings. The van der Waals surface area contributed by atoms with E-state index in [0.717, 1.165) is 12.8 Å². The maximum absolute atomic E-state index is 12.3. The highest BCUT2D eigenvalue weighted by Crippen LogP contribution is 2.52. The average molecular weight is 242 g/mol. The highest BCUT2D eigenvalue weighted by atomic mass is 16.1. The van der Waals surface area contributed by atoms with Gasteiger partial charge in [-0.1, -0.05) is 49.1 Å². The van der Waals surface area contributed by atoms with Crippen LogP contribution in [0, 0.1) is 12.3 Å². The Balaban J connectivity index is 1.82. The van der Waals surface area contributed by atoms with Crippen LogP contribution in [0.15, 0.2) is 24.3 Å². The number of aryl methyl sites for hydroxylation is 1. The molecule has 1 unspecified atom stereocenters. The maximum Gasteiger partial charge on any atom is 0.140 e. The van der Waals surface area contributed by atoms with Crippen LogP contribution in [0.4, 0.5) is 0 Å². The molecule has 2 aliphatic carbocycles. The number of ketones is 1. The Morgan fingerprint density at radius 3 is 2.39 bits per heavy atom. The van der Waals surface area contributed by atoms with Crippen molar-refractivity contribution >= 4 is 5.78 Å². The second-order valence-electron chi connectivity index (χ2n) is 6.37. The summed E-state index contributed by atoms with van der Waals surface area (Å²) in [5.41, 5.74) is 2.88. The third kappa shape index (κ3) is 2.11. The zero-order chi connectivity index (χ0) is 12.6. The van der Waals surface area contributed by atoms with Crippen molar-refractivity contribution in [3.63, 3.8) is 0 Å². The second-order valence-corrected chi connectivity index (χ2v) is 6.37. The summed E-state index contributed by atoms with van der Waals surface area (Å²) in [5.74, 6) is 0.671. The Kier molecular flexibility index (Phi) is 3.01. The van der Waals surface area contributed by atoms with Crippen molar-refractivity contribution in [2.75, 3.05) is 0 Å². The van der Waals surface area contributed by atoms with Gasteiger partial charge in [0.25, 0.3) is 0 Å². The molecule has 0 aromatic heterocycles. The molecule has 0 N–H and O–H groups in total. The molecule has 0 heterocycles. The molecule has 96 valence electrons. The fourth-order valence-electron chi connectivity index (χ4n) is 3.90. The Morgan fingerprint density at radius 2 is 1.72 bits per heavy atom. The van der Waals surface area contributed by atoms with E-state index in [0.29, 0.717) is 11.2 Å². The van der Waals surface area contributed by atoms with Gasteiger partial charge in [0.1, 0.15) is 5.78 Å². The predicted octanol–water partition coefficient (Wildman–Crippen LogP) is 4.39. The molecule has 2 aliphatic rings. The molecule has 0 bridgehead atoms. The van der Waals surface area contributed by atoms with Gasteiger partial charge in [-0.2, -0.15) is 0 Å². The van der Waals surface area contributed by atoms with Crippen LogP contribution in [0.1, 0.15) is 62.0 Å².